The molecule has 2 fully saturated rings. The van der Waals surface area contributed by atoms with E-state index in [0.29, 0.717) is 11.7 Å². The van der Waals surface area contributed by atoms with Crippen LogP contribution in [0.15, 0.2) is 0 Å². The summed E-state index contributed by atoms with van der Waals surface area (Å²) < 4.78 is 0. The number of hydrogen-bond acceptors (Lipinski definition) is 3. The highest BCUT2D eigenvalue weighted by molar-refractivity contribution is 5.78. The number of carbonyl (C=O) groups excluding carboxylic acids is 1. The molecule has 0 spiro atoms. The van der Waals surface area contributed by atoms with E-state index in [4.69, 9.17) is 0 Å². The molecule has 0 aromatic heterocycles. The van der Waals surface area contributed by atoms with Crippen LogP contribution in [0, 0.1) is 5.92 Å². The minimum Gasteiger partial charge on any atom is -0.314 e. The predicted octanol–water partition coefficient (Wildman–Crippen LogP) is 0.259. The second-order valence-corrected chi connectivity index (χ2v) is 4.23. The largest absolute Gasteiger partial charge is 0.314 e. The molecule has 2 heterocycles. The first kappa shape index (κ1) is 9.16. The number of rotatable bonds is 2. The van der Waals surface area contributed by atoms with Crippen molar-refractivity contribution in [2.45, 2.75) is 25.8 Å². The smallest absolute Gasteiger partial charge is 0.133 e. The first-order valence-electron chi connectivity index (χ1n) is 5.22. The number of Topliss-reactive ketones (excluding diaryl/α,β-unsaturated/α-hetero) is 1. The van der Waals surface area contributed by atoms with Gasteiger partial charge in [0.25, 0.3) is 0 Å². The van der Waals surface area contributed by atoms with Crippen molar-refractivity contribution < 1.29 is 4.79 Å². The number of nitrogens with zero attached hydrogens (tertiary/aromatic N) is 1. The first-order valence-corrected chi connectivity index (χ1v) is 5.22. The number of piperidine rings is 1. The highest BCUT2D eigenvalue weighted by atomic mass is 16.1. The molecule has 2 saturated heterocycles. The number of hydrogen-bond donors (Lipinski definition) is 1. The Morgan fingerprint density at radius 3 is 2.31 bits per heavy atom. The standard InChI is InChI=1S/C10H18N2O/c1-8(13)9-2-4-12(5-3-9)10-6-11-7-10/h9-11H,2-7H2,1H3. The monoisotopic (exact) mass is 182 g/mol. The molecule has 0 aromatic carbocycles. The van der Waals surface area contributed by atoms with E-state index in [0.717, 1.165) is 45.1 Å². The molecule has 2 rings (SSSR count). The van der Waals surface area contributed by atoms with Gasteiger partial charge in [0.2, 0.25) is 0 Å². The number of likely N-dealkylation sites (tertiary alicyclic amines) is 1. The molecule has 2 aliphatic heterocycles. The minimum absolute atomic E-state index is 0.351. The van der Waals surface area contributed by atoms with Crippen LogP contribution in [0.25, 0.3) is 0 Å². The van der Waals surface area contributed by atoms with Crippen LogP contribution in [0.1, 0.15) is 19.8 Å². The van der Waals surface area contributed by atoms with E-state index in [2.05, 4.69) is 10.2 Å². The summed E-state index contributed by atoms with van der Waals surface area (Å²) in [4.78, 5) is 13.7. The Bertz CT molecular complexity index is 193. The highest BCUT2D eigenvalue weighted by Crippen LogP contribution is 2.20. The Kier molecular flexibility index (Phi) is 2.65. The zero-order chi connectivity index (χ0) is 9.26. The average Bonchev–Trinajstić information content (AvgIpc) is 2.02. The zero-order valence-electron chi connectivity index (χ0n) is 8.25. The summed E-state index contributed by atoms with van der Waals surface area (Å²) in [7, 11) is 0. The van der Waals surface area contributed by atoms with Crippen LogP contribution >= 0.6 is 0 Å². The van der Waals surface area contributed by atoms with Crippen molar-refractivity contribution in [3.8, 4) is 0 Å². The average molecular weight is 182 g/mol. The maximum absolute atomic E-state index is 11.1. The van der Waals surface area contributed by atoms with Gasteiger partial charge in [-0.2, -0.15) is 0 Å². The molecule has 1 N–H and O–H groups in total. The molecule has 0 radical (unpaired) electrons. The second kappa shape index (κ2) is 3.76. The Morgan fingerprint density at radius 1 is 1.31 bits per heavy atom. The Balaban J connectivity index is 1.78. The molecule has 0 aromatic rings. The van der Waals surface area contributed by atoms with Crippen molar-refractivity contribution in [3.63, 3.8) is 0 Å². The Hall–Kier alpha value is -0.410. The number of nitrogens with one attached hydrogen (secondary N) is 1. The number of carbonyl (C=O) groups is 1. The normalized spacial score (nSPS) is 27.2. The molecule has 2 aliphatic rings. The van der Waals surface area contributed by atoms with E-state index in [1.165, 1.54) is 0 Å². The van der Waals surface area contributed by atoms with E-state index in [-0.39, 0.29) is 0 Å². The lowest BCUT2D eigenvalue weighted by Crippen LogP contribution is -2.58. The van der Waals surface area contributed by atoms with Gasteiger partial charge in [-0.25, -0.2) is 0 Å². The fourth-order valence-corrected chi connectivity index (χ4v) is 2.20. The quantitative estimate of drug-likeness (QED) is 0.665. The van der Waals surface area contributed by atoms with E-state index in [1.807, 2.05) is 0 Å². The van der Waals surface area contributed by atoms with E-state index < -0.39 is 0 Å². The van der Waals surface area contributed by atoms with Crippen LogP contribution < -0.4 is 5.32 Å². The van der Waals surface area contributed by atoms with Gasteiger partial charge in [0.15, 0.2) is 0 Å². The third kappa shape index (κ3) is 1.92. The second-order valence-electron chi connectivity index (χ2n) is 4.23. The van der Waals surface area contributed by atoms with Crippen LogP contribution in [0.5, 0.6) is 0 Å². The summed E-state index contributed by atoms with van der Waals surface area (Å²) in [5.41, 5.74) is 0. The Morgan fingerprint density at radius 2 is 1.92 bits per heavy atom. The summed E-state index contributed by atoms with van der Waals surface area (Å²) in [6.45, 7) is 6.26. The van der Waals surface area contributed by atoms with Crippen molar-refractivity contribution in [1.82, 2.24) is 10.2 Å². The van der Waals surface area contributed by atoms with Gasteiger partial charge >= 0.3 is 0 Å². The molecule has 0 unspecified atom stereocenters. The van der Waals surface area contributed by atoms with Gasteiger partial charge in [-0.15, -0.1) is 0 Å². The molecule has 74 valence electrons. The molecular formula is C10H18N2O. The molecule has 0 saturated carbocycles. The lowest BCUT2D eigenvalue weighted by molar-refractivity contribution is -0.122. The number of ketones is 1. The maximum atomic E-state index is 11.1. The molecule has 0 bridgehead atoms. The molecule has 0 atom stereocenters. The van der Waals surface area contributed by atoms with Crippen molar-refractivity contribution in [1.29, 1.82) is 0 Å². The summed E-state index contributed by atoms with van der Waals surface area (Å²) in [6, 6.07) is 0.757. The van der Waals surface area contributed by atoms with E-state index in [9.17, 15) is 4.79 Å². The lowest BCUT2D eigenvalue weighted by atomic mass is 9.92. The molecule has 0 aliphatic carbocycles. The summed E-state index contributed by atoms with van der Waals surface area (Å²) in [5.74, 6) is 0.732. The van der Waals surface area contributed by atoms with Crippen LogP contribution in [0.2, 0.25) is 0 Å². The van der Waals surface area contributed by atoms with Crippen molar-refractivity contribution in [3.05, 3.63) is 0 Å². The molecule has 3 nitrogen and oxygen atoms in total. The van der Waals surface area contributed by atoms with Crippen LogP contribution in [0.4, 0.5) is 0 Å². The first-order chi connectivity index (χ1) is 6.27. The van der Waals surface area contributed by atoms with Gasteiger partial charge in [0.05, 0.1) is 0 Å². The van der Waals surface area contributed by atoms with Gasteiger partial charge in [-0.3, -0.25) is 9.69 Å². The van der Waals surface area contributed by atoms with Crippen molar-refractivity contribution in [2.24, 2.45) is 5.92 Å². The Labute approximate surface area is 79.5 Å². The molecule has 13 heavy (non-hydrogen) atoms. The van der Waals surface area contributed by atoms with E-state index >= 15 is 0 Å². The van der Waals surface area contributed by atoms with Crippen LogP contribution in [0.3, 0.4) is 0 Å². The summed E-state index contributed by atoms with van der Waals surface area (Å²) in [6.07, 6.45) is 2.15. The maximum Gasteiger partial charge on any atom is 0.133 e. The molecule has 3 heteroatoms. The molecular weight excluding hydrogens is 164 g/mol. The van der Waals surface area contributed by atoms with Crippen molar-refractivity contribution >= 4 is 5.78 Å². The third-order valence-electron chi connectivity index (χ3n) is 3.38. The summed E-state index contributed by atoms with van der Waals surface area (Å²) >= 11 is 0. The zero-order valence-corrected chi connectivity index (χ0v) is 8.25. The van der Waals surface area contributed by atoms with Crippen LogP contribution in [-0.2, 0) is 4.79 Å². The van der Waals surface area contributed by atoms with Crippen molar-refractivity contribution in [2.75, 3.05) is 26.2 Å². The van der Waals surface area contributed by atoms with Gasteiger partial charge < -0.3 is 5.32 Å². The van der Waals surface area contributed by atoms with Gasteiger partial charge in [-0.05, 0) is 32.9 Å². The van der Waals surface area contributed by atoms with E-state index in [1.54, 1.807) is 6.92 Å². The SMILES string of the molecule is CC(=O)C1CCN(C2CNC2)CC1. The third-order valence-corrected chi connectivity index (χ3v) is 3.38. The fourth-order valence-electron chi connectivity index (χ4n) is 2.20. The van der Waals surface area contributed by atoms with Gasteiger partial charge in [-0.1, -0.05) is 0 Å². The minimum atomic E-state index is 0.351. The van der Waals surface area contributed by atoms with Crippen LogP contribution in [-0.4, -0.2) is 42.9 Å². The fraction of sp³-hybridized carbons (Fsp3) is 0.900. The highest BCUT2D eigenvalue weighted by Gasteiger charge is 2.29. The van der Waals surface area contributed by atoms with Gasteiger partial charge in [0, 0.05) is 25.0 Å². The lowest BCUT2D eigenvalue weighted by Gasteiger charge is -2.41. The predicted molar refractivity (Wildman–Crippen MR) is 51.6 cm³/mol. The topological polar surface area (TPSA) is 32.3 Å². The van der Waals surface area contributed by atoms with Gasteiger partial charge in [0.1, 0.15) is 5.78 Å². The molecule has 0 amide bonds. The summed E-state index contributed by atoms with van der Waals surface area (Å²) in [5, 5.41) is 3.28.